The molecule has 5 unspecified atom stereocenters. The van der Waals surface area contributed by atoms with Crippen LogP contribution in [0.25, 0.3) is 16.3 Å². The van der Waals surface area contributed by atoms with E-state index in [0.29, 0.717) is 37.9 Å². The second-order valence-electron chi connectivity index (χ2n) is 11.2. The molecule has 4 nitrogen and oxygen atoms in total. The first-order valence-corrected chi connectivity index (χ1v) is 12.4. The van der Waals surface area contributed by atoms with Crippen molar-refractivity contribution >= 4 is 22.2 Å². The van der Waals surface area contributed by atoms with Gasteiger partial charge in [0.2, 0.25) is 0 Å². The van der Waals surface area contributed by atoms with E-state index in [0.717, 1.165) is 41.2 Å². The van der Waals surface area contributed by atoms with E-state index in [1.807, 2.05) is 6.07 Å². The monoisotopic (exact) mass is 448 g/mol. The zero-order chi connectivity index (χ0) is 23.0. The van der Waals surface area contributed by atoms with Crippen molar-refractivity contribution in [2.24, 2.45) is 17.3 Å². The van der Waals surface area contributed by atoms with Crippen LogP contribution in [0.1, 0.15) is 63.9 Å². The van der Waals surface area contributed by atoms with Gasteiger partial charge in [-0.2, -0.15) is 0 Å². The summed E-state index contributed by atoms with van der Waals surface area (Å²) < 4.78 is 16.7. The Morgan fingerprint density at radius 3 is 2.79 bits per heavy atom. The number of nitrogen functional groups attached to an aromatic ring is 1. The summed E-state index contributed by atoms with van der Waals surface area (Å²) in [7, 11) is 0. The predicted octanol–water partition coefficient (Wildman–Crippen LogP) is 5.34. The van der Waals surface area contributed by atoms with Gasteiger partial charge < -0.3 is 15.9 Å². The van der Waals surface area contributed by atoms with Gasteiger partial charge in [0.1, 0.15) is 11.4 Å². The van der Waals surface area contributed by atoms with Crippen molar-refractivity contribution in [3.8, 4) is 0 Å². The van der Waals surface area contributed by atoms with Crippen LogP contribution in [0.5, 0.6) is 0 Å². The third-order valence-corrected chi connectivity index (χ3v) is 9.43. The lowest BCUT2D eigenvalue weighted by Gasteiger charge is -2.55. The Morgan fingerprint density at radius 1 is 1.09 bits per heavy atom. The number of aliphatic hydroxyl groups excluding tert-OH is 1. The summed E-state index contributed by atoms with van der Waals surface area (Å²) in [6.07, 6.45) is 10.6. The SMILES string of the molecule is CC12CCC3(F)C=C4CC(O)CCC4CC[C@]3(O)C1CC=C2c1ccc2cc(N)ncc2c1. The maximum Gasteiger partial charge on any atom is 0.158 e. The molecule has 174 valence electrons. The molecule has 0 spiro atoms. The molecule has 0 bridgehead atoms. The highest BCUT2D eigenvalue weighted by Gasteiger charge is 2.65. The predicted molar refractivity (Wildman–Crippen MR) is 129 cm³/mol. The van der Waals surface area contributed by atoms with E-state index in [2.05, 4.69) is 36.2 Å². The fourth-order valence-electron chi connectivity index (χ4n) is 7.56. The number of allylic oxidation sites excluding steroid dienone is 2. The zero-order valence-electron chi connectivity index (χ0n) is 19.2. The van der Waals surface area contributed by atoms with Crippen molar-refractivity contribution in [2.45, 2.75) is 75.7 Å². The van der Waals surface area contributed by atoms with Crippen LogP contribution >= 0.6 is 0 Å². The molecule has 1 aromatic heterocycles. The molecule has 6 rings (SSSR count). The van der Waals surface area contributed by atoms with E-state index >= 15 is 4.39 Å². The van der Waals surface area contributed by atoms with Gasteiger partial charge in [-0.3, -0.25) is 0 Å². The number of nitrogens with zero attached hydrogens (tertiary/aromatic N) is 1. The van der Waals surface area contributed by atoms with E-state index < -0.39 is 11.3 Å². The minimum Gasteiger partial charge on any atom is -0.393 e. The van der Waals surface area contributed by atoms with Gasteiger partial charge in [-0.05, 0) is 97.4 Å². The lowest BCUT2D eigenvalue weighted by molar-refractivity contribution is -0.172. The zero-order valence-corrected chi connectivity index (χ0v) is 19.2. The number of halogens is 1. The van der Waals surface area contributed by atoms with Crippen LogP contribution in [0.3, 0.4) is 0 Å². The highest BCUT2D eigenvalue weighted by molar-refractivity contribution is 5.88. The highest BCUT2D eigenvalue weighted by Crippen LogP contribution is 2.65. The third-order valence-electron chi connectivity index (χ3n) is 9.43. The normalized spacial score (nSPS) is 40.3. The number of aromatic nitrogens is 1. The number of anilines is 1. The van der Waals surface area contributed by atoms with Gasteiger partial charge in [-0.1, -0.05) is 30.7 Å². The smallest absolute Gasteiger partial charge is 0.158 e. The highest BCUT2D eigenvalue weighted by atomic mass is 19.1. The lowest BCUT2D eigenvalue weighted by Crippen LogP contribution is -2.61. The number of pyridine rings is 1. The number of hydrogen-bond donors (Lipinski definition) is 3. The van der Waals surface area contributed by atoms with Gasteiger partial charge in [0.25, 0.3) is 0 Å². The van der Waals surface area contributed by atoms with Crippen LogP contribution in [-0.2, 0) is 0 Å². The molecule has 4 aliphatic rings. The van der Waals surface area contributed by atoms with Gasteiger partial charge in [0.05, 0.1) is 6.10 Å². The van der Waals surface area contributed by atoms with Gasteiger partial charge in [-0.25, -0.2) is 9.37 Å². The van der Waals surface area contributed by atoms with Crippen LogP contribution in [0.4, 0.5) is 10.2 Å². The summed E-state index contributed by atoms with van der Waals surface area (Å²) >= 11 is 0. The van der Waals surface area contributed by atoms with Crippen LogP contribution in [0.15, 0.2) is 48.2 Å². The van der Waals surface area contributed by atoms with Crippen molar-refractivity contribution in [1.29, 1.82) is 0 Å². The van der Waals surface area contributed by atoms with Gasteiger partial charge >= 0.3 is 0 Å². The average molecular weight is 449 g/mol. The summed E-state index contributed by atoms with van der Waals surface area (Å²) in [5.41, 5.74) is 5.81. The molecule has 1 heterocycles. The maximum atomic E-state index is 16.7. The Bertz CT molecular complexity index is 1190. The molecule has 0 saturated heterocycles. The molecule has 0 aliphatic heterocycles. The number of fused-ring (bicyclic) bond motifs is 5. The molecular weight excluding hydrogens is 415 g/mol. The number of rotatable bonds is 1. The molecule has 0 radical (unpaired) electrons. The van der Waals surface area contributed by atoms with Crippen LogP contribution in [0.2, 0.25) is 0 Å². The number of alkyl halides is 1. The molecule has 4 aliphatic carbocycles. The first-order valence-electron chi connectivity index (χ1n) is 12.4. The Balaban J connectivity index is 1.37. The molecule has 33 heavy (non-hydrogen) atoms. The standard InChI is InChI=1S/C28H33FN2O2/c1-26-10-11-27(29)15-20-13-22(32)5-4-17(20)8-9-28(27,33)24(26)7-6-23(26)19-3-2-18-14-25(30)31-16-21(18)12-19/h2-3,6,12,14-17,22,24,32-33H,4-5,7-11,13H2,1H3,(H2,30,31)/t17?,22?,24?,26?,27?,28-/m0/s1. The lowest BCUT2D eigenvalue weighted by atomic mass is 9.53. The van der Waals surface area contributed by atoms with Crippen molar-refractivity contribution in [1.82, 2.24) is 4.98 Å². The topological polar surface area (TPSA) is 79.4 Å². The third kappa shape index (κ3) is 3.05. The fourth-order valence-corrected chi connectivity index (χ4v) is 7.56. The summed E-state index contributed by atoms with van der Waals surface area (Å²) in [4.78, 5) is 4.24. The number of nitrogens with two attached hydrogens (primary N) is 1. The number of aliphatic hydroxyl groups is 2. The number of hydrogen-bond acceptors (Lipinski definition) is 4. The molecule has 6 atom stereocenters. The average Bonchev–Trinajstić information content (AvgIpc) is 3.09. The van der Waals surface area contributed by atoms with Crippen molar-refractivity contribution in [3.05, 3.63) is 53.8 Å². The molecular formula is C28H33FN2O2. The second kappa shape index (κ2) is 7.13. The summed E-state index contributed by atoms with van der Waals surface area (Å²) in [5.74, 6) is 0.629. The maximum absolute atomic E-state index is 16.7. The quantitative estimate of drug-likeness (QED) is 0.515. The van der Waals surface area contributed by atoms with Gasteiger partial charge in [0, 0.05) is 17.5 Å². The second-order valence-corrected chi connectivity index (χ2v) is 11.2. The molecule has 2 fully saturated rings. The Labute approximate surface area is 194 Å². The van der Waals surface area contributed by atoms with E-state index in [4.69, 9.17) is 5.73 Å². The summed E-state index contributed by atoms with van der Waals surface area (Å²) in [6, 6.07) is 8.22. The van der Waals surface area contributed by atoms with E-state index in [1.54, 1.807) is 12.3 Å². The number of benzene rings is 1. The van der Waals surface area contributed by atoms with Crippen molar-refractivity contribution < 1.29 is 14.6 Å². The first-order chi connectivity index (χ1) is 15.7. The Morgan fingerprint density at radius 2 is 1.94 bits per heavy atom. The summed E-state index contributed by atoms with van der Waals surface area (Å²) in [5, 5.41) is 24.4. The first kappa shape index (κ1) is 21.3. The van der Waals surface area contributed by atoms with E-state index in [9.17, 15) is 10.2 Å². The van der Waals surface area contributed by atoms with Gasteiger partial charge in [-0.15, -0.1) is 0 Å². The molecule has 5 heteroatoms. The molecule has 1 aromatic carbocycles. The van der Waals surface area contributed by atoms with E-state index in [1.165, 1.54) is 5.57 Å². The minimum atomic E-state index is -1.73. The van der Waals surface area contributed by atoms with Crippen LogP contribution in [0, 0.1) is 17.3 Å². The van der Waals surface area contributed by atoms with Crippen LogP contribution in [-0.4, -0.2) is 32.6 Å². The fraction of sp³-hybridized carbons (Fsp3) is 0.536. The van der Waals surface area contributed by atoms with Crippen molar-refractivity contribution in [3.63, 3.8) is 0 Å². The summed E-state index contributed by atoms with van der Waals surface area (Å²) in [6.45, 7) is 2.22. The minimum absolute atomic E-state index is 0.166. The van der Waals surface area contributed by atoms with E-state index in [-0.39, 0.29) is 23.4 Å². The van der Waals surface area contributed by atoms with Crippen LogP contribution < -0.4 is 5.73 Å². The van der Waals surface area contributed by atoms with Gasteiger partial charge in [0.15, 0.2) is 5.67 Å². The Hall–Kier alpha value is -2.24. The molecule has 2 aromatic rings. The van der Waals surface area contributed by atoms with Crippen molar-refractivity contribution in [2.75, 3.05) is 5.73 Å². The largest absolute Gasteiger partial charge is 0.393 e. The molecule has 2 saturated carbocycles. The molecule has 4 N–H and O–H groups in total. The Kier molecular flexibility index (Phi) is 4.60. The molecule has 0 amide bonds.